The zero-order valence-electron chi connectivity index (χ0n) is 12.2. The minimum Gasteiger partial charge on any atom is -0.395 e. The van der Waals surface area contributed by atoms with Gasteiger partial charge < -0.3 is 15.3 Å². The highest BCUT2D eigenvalue weighted by molar-refractivity contribution is 5.48. The number of hydrogen-bond acceptors (Lipinski definition) is 5. The second-order valence-corrected chi connectivity index (χ2v) is 5.21. The number of aliphatic hydroxyl groups excluding tert-OH is 1. The number of benzene rings is 1. The minimum absolute atomic E-state index is 0.0705. The second-order valence-electron chi connectivity index (χ2n) is 5.21. The van der Waals surface area contributed by atoms with E-state index in [-0.39, 0.29) is 6.61 Å². The van der Waals surface area contributed by atoms with E-state index in [0.29, 0.717) is 18.5 Å². The van der Waals surface area contributed by atoms with Crippen LogP contribution in [0, 0.1) is 0 Å². The van der Waals surface area contributed by atoms with Gasteiger partial charge in [0.15, 0.2) is 0 Å². The molecular weight excluding hydrogens is 264 g/mol. The summed E-state index contributed by atoms with van der Waals surface area (Å²) in [6, 6.07) is 10.8. The van der Waals surface area contributed by atoms with Crippen molar-refractivity contribution in [1.29, 1.82) is 0 Å². The molecule has 0 aliphatic carbocycles. The van der Waals surface area contributed by atoms with Gasteiger partial charge in [0.05, 0.1) is 12.6 Å². The Morgan fingerprint density at radius 1 is 1.33 bits per heavy atom. The van der Waals surface area contributed by atoms with E-state index < -0.39 is 0 Å². The van der Waals surface area contributed by atoms with Crippen molar-refractivity contribution in [2.24, 2.45) is 0 Å². The zero-order valence-corrected chi connectivity index (χ0v) is 12.2. The summed E-state index contributed by atoms with van der Waals surface area (Å²) in [5.41, 5.74) is 2.79. The number of hydrogen-bond donors (Lipinski definition) is 2. The van der Waals surface area contributed by atoms with Gasteiger partial charge in [0.25, 0.3) is 0 Å². The molecule has 0 saturated heterocycles. The molecule has 21 heavy (non-hydrogen) atoms. The van der Waals surface area contributed by atoms with Gasteiger partial charge in [0.1, 0.15) is 5.82 Å². The van der Waals surface area contributed by atoms with Crippen LogP contribution in [0.5, 0.6) is 0 Å². The lowest BCUT2D eigenvalue weighted by Gasteiger charge is -2.36. The number of nitrogens with one attached hydrogen (secondary N) is 1. The van der Waals surface area contributed by atoms with Crippen molar-refractivity contribution in [3.05, 3.63) is 47.7 Å². The lowest BCUT2D eigenvalue weighted by Crippen LogP contribution is -2.34. The number of fused-ring (bicyclic) bond motifs is 1. The number of aliphatic hydroxyl groups is 1. The molecule has 0 unspecified atom stereocenters. The van der Waals surface area contributed by atoms with Crippen LogP contribution in [0.25, 0.3) is 0 Å². The minimum atomic E-state index is 0.0705. The van der Waals surface area contributed by atoms with Gasteiger partial charge in [0, 0.05) is 19.3 Å². The third kappa shape index (κ3) is 2.83. The number of rotatable bonds is 4. The quantitative estimate of drug-likeness (QED) is 0.899. The Hall–Kier alpha value is -2.14. The Kier molecular flexibility index (Phi) is 4.01. The van der Waals surface area contributed by atoms with Gasteiger partial charge in [-0.1, -0.05) is 24.3 Å². The maximum Gasteiger partial charge on any atom is 0.224 e. The van der Waals surface area contributed by atoms with E-state index >= 15 is 0 Å². The van der Waals surface area contributed by atoms with Gasteiger partial charge in [-0.15, -0.1) is 0 Å². The van der Waals surface area contributed by atoms with Gasteiger partial charge in [-0.3, -0.25) is 0 Å². The molecule has 0 fully saturated rings. The van der Waals surface area contributed by atoms with Gasteiger partial charge in [-0.2, -0.15) is 4.98 Å². The summed E-state index contributed by atoms with van der Waals surface area (Å²) in [5.74, 6) is 1.49. The maximum absolute atomic E-state index is 8.87. The lowest BCUT2D eigenvalue weighted by atomic mass is 9.94. The largest absolute Gasteiger partial charge is 0.395 e. The van der Waals surface area contributed by atoms with Crippen molar-refractivity contribution in [1.82, 2.24) is 9.97 Å². The fraction of sp³-hybridized carbons (Fsp3) is 0.375. The van der Waals surface area contributed by atoms with Crippen molar-refractivity contribution < 1.29 is 5.11 Å². The smallest absolute Gasteiger partial charge is 0.224 e. The van der Waals surface area contributed by atoms with Crippen LogP contribution in [0.4, 0.5) is 11.8 Å². The molecule has 0 amide bonds. The molecule has 0 radical (unpaired) electrons. The predicted molar refractivity (Wildman–Crippen MR) is 83.5 cm³/mol. The normalized spacial score (nSPS) is 17.4. The van der Waals surface area contributed by atoms with Crippen LogP contribution in [0.1, 0.15) is 24.1 Å². The fourth-order valence-electron chi connectivity index (χ4n) is 2.85. The third-order valence-electron chi connectivity index (χ3n) is 3.92. The summed E-state index contributed by atoms with van der Waals surface area (Å²) >= 11 is 0. The summed E-state index contributed by atoms with van der Waals surface area (Å²) in [7, 11) is 0. The maximum atomic E-state index is 8.87. The molecule has 1 atom stereocenters. The Balaban J connectivity index is 1.85. The molecule has 1 aromatic heterocycles. The van der Waals surface area contributed by atoms with Crippen molar-refractivity contribution in [3.63, 3.8) is 0 Å². The van der Waals surface area contributed by atoms with E-state index in [4.69, 9.17) is 5.11 Å². The molecule has 2 heterocycles. The summed E-state index contributed by atoms with van der Waals surface area (Å²) < 4.78 is 0. The Morgan fingerprint density at radius 2 is 2.19 bits per heavy atom. The van der Waals surface area contributed by atoms with Crippen LogP contribution in [0.15, 0.2) is 36.5 Å². The first-order valence-corrected chi connectivity index (χ1v) is 7.32. The molecule has 2 aromatic rings. The highest BCUT2D eigenvalue weighted by Crippen LogP contribution is 2.32. The molecule has 0 saturated carbocycles. The second kappa shape index (κ2) is 6.10. The van der Waals surface area contributed by atoms with E-state index in [1.807, 2.05) is 6.07 Å². The summed E-state index contributed by atoms with van der Waals surface area (Å²) in [4.78, 5) is 11.0. The molecule has 2 N–H and O–H groups in total. The topological polar surface area (TPSA) is 61.3 Å². The summed E-state index contributed by atoms with van der Waals surface area (Å²) in [6.07, 6.45) is 2.79. The average molecular weight is 284 g/mol. The first-order chi connectivity index (χ1) is 10.3. The van der Waals surface area contributed by atoms with Gasteiger partial charge in [-0.25, -0.2) is 4.98 Å². The van der Waals surface area contributed by atoms with Crippen molar-refractivity contribution >= 4 is 11.8 Å². The molecule has 3 rings (SSSR count). The lowest BCUT2D eigenvalue weighted by molar-refractivity contribution is 0.311. The standard InChI is InChI=1S/C16H20N4O/c1-12-14-5-3-2-4-13(14)7-10-20(12)15-6-8-17-16(19-15)18-9-11-21/h2-6,8,12,21H,7,9-11H2,1H3,(H,17,18,19)/t12-/m1/s1. The van der Waals surface area contributed by atoms with Crippen LogP contribution < -0.4 is 10.2 Å². The number of aromatic nitrogens is 2. The van der Waals surface area contributed by atoms with Crippen molar-refractivity contribution in [2.45, 2.75) is 19.4 Å². The molecule has 1 aliphatic rings. The highest BCUT2D eigenvalue weighted by atomic mass is 16.3. The SMILES string of the molecule is C[C@@H]1c2ccccc2CCN1c1ccnc(NCCO)n1. The van der Waals surface area contributed by atoms with Crippen molar-refractivity contribution in [3.8, 4) is 0 Å². The van der Waals surface area contributed by atoms with E-state index in [2.05, 4.69) is 51.4 Å². The van der Waals surface area contributed by atoms with Gasteiger partial charge >= 0.3 is 0 Å². The van der Waals surface area contributed by atoms with E-state index in [9.17, 15) is 0 Å². The van der Waals surface area contributed by atoms with Crippen LogP contribution in [0.2, 0.25) is 0 Å². The number of anilines is 2. The van der Waals surface area contributed by atoms with Crippen LogP contribution in [-0.4, -0.2) is 34.8 Å². The third-order valence-corrected chi connectivity index (χ3v) is 3.92. The van der Waals surface area contributed by atoms with E-state index in [0.717, 1.165) is 18.8 Å². The molecule has 0 bridgehead atoms. The monoisotopic (exact) mass is 284 g/mol. The average Bonchev–Trinajstić information content (AvgIpc) is 2.54. The molecule has 1 aliphatic heterocycles. The predicted octanol–water partition coefficient (Wildman–Crippen LogP) is 2.00. The van der Waals surface area contributed by atoms with Gasteiger partial charge in [-0.05, 0) is 30.5 Å². The molecule has 1 aromatic carbocycles. The molecule has 5 nitrogen and oxygen atoms in total. The number of nitrogens with zero attached hydrogens (tertiary/aromatic N) is 3. The fourth-order valence-corrected chi connectivity index (χ4v) is 2.85. The van der Waals surface area contributed by atoms with Crippen molar-refractivity contribution in [2.75, 3.05) is 29.9 Å². The first kappa shape index (κ1) is 13.8. The first-order valence-electron chi connectivity index (χ1n) is 7.32. The Bertz CT molecular complexity index is 617. The van der Waals surface area contributed by atoms with Crippen LogP contribution in [0.3, 0.4) is 0 Å². The highest BCUT2D eigenvalue weighted by Gasteiger charge is 2.24. The summed E-state index contributed by atoms with van der Waals surface area (Å²) in [6.45, 7) is 3.69. The van der Waals surface area contributed by atoms with Gasteiger partial charge in [0.2, 0.25) is 5.95 Å². The summed E-state index contributed by atoms with van der Waals surface area (Å²) in [5, 5.41) is 11.9. The molecule has 5 heteroatoms. The zero-order chi connectivity index (χ0) is 14.7. The Labute approximate surface area is 124 Å². The molecular formula is C16H20N4O. The van der Waals surface area contributed by atoms with E-state index in [1.54, 1.807) is 6.20 Å². The van der Waals surface area contributed by atoms with E-state index in [1.165, 1.54) is 11.1 Å². The van der Waals surface area contributed by atoms with Crippen LogP contribution in [-0.2, 0) is 6.42 Å². The Morgan fingerprint density at radius 3 is 3.05 bits per heavy atom. The van der Waals surface area contributed by atoms with Crippen LogP contribution >= 0.6 is 0 Å². The molecule has 0 spiro atoms. The molecule has 110 valence electrons.